The van der Waals surface area contributed by atoms with Gasteiger partial charge in [0.1, 0.15) is 6.07 Å². The Hall–Kier alpha value is -1.02. The number of alkyl halides is 4. The second kappa shape index (κ2) is 4.23. The fraction of sp³-hybridized carbons (Fsp3) is 0.300. The second-order valence-electron chi connectivity index (χ2n) is 3.09. The lowest BCUT2D eigenvalue weighted by Gasteiger charge is -2.12. The fourth-order valence-corrected chi connectivity index (χ4v) is 1.76. The Labute approximate surface area is 93.6 Å². The van der Waals surface area contributed by atoms with Crippen LogP contribution in [-0.4, -0.2) is 0 Å². The SMILES string of the molecule is Cc1cc(CBr)c(C#N)c(C(F)(F)F)c1. The maximum Gasteiger partial charge on any atom is 0.417 e. The minimum Gasteiger partial charge on any atom is -0.192 e. The van der Waals surface area contributed by atoms with Crippen molar-refractivity contribution in [2.24, 2.45) is 0 Å². The van der Waals surface area contributed by atoms with Crippen LogP contribution in [0.25, 0.3) is 0 Å². The second-order valence-corrected chi connectivity index (χ2v) is 3.65. The van der Waals surface area contributed by atoms with Gasteiger partial charge >= 0.3 is 6.18 Å². The van der Waals surface area contributed by atoms with Crippen LogP contribution in [0.1, 0.15) is 22.3 Å². The molecule has 1 aromatic rings. The number of nitrogens with zero attached hydrogens (tertiary/aromatic N) is 1. The summed E-state index contributed by atoms with van der Waals surface area (Å²) < 4.78 is 37.7. The highest BCUT2D eigenvalue weighted by Gasteiger charge is 2.34. The Kier molecular flexibility index (Phi) is 3.40. The van der Waals surface area contributed by atoms with Gasteiger partial charge in [-0.1, -0.05) is 27.6 Å². The minimum atomic E-state index is -4.48. The summed E-state index contributed by atoms with van der Waals surface area (Å²) >= 11 is 3.07. The van der Waals surface area contributed by atoms with Crippen LogP contribution in [0.4, 0.5) is 13.2 Å². The van der Waals surface area contributed by atoms with E-state index in [-0.39, 0.29) is 10.9 Å². The maximum absolute atomic E-state index is 12.6. The molecule has 0 amide bonds. The topological polar surface area (TPSA) is 23.8 Å². The summed E-state index contributed by atoms with van der Waals surface area (Å²) in [7, 11) is 0. The van der Waals surface area contributed by atoms with Gasteiger partial charge in [-0.25, -0.2) is 0 Å². The molecular weight excluding hydrogens is 271 g/mol. The average Bonchev–Trinajstić information content (AvgIpc) is 2.15. The van der Waals surface area contributed by atoms with E-state index in [9.17, 15) is 13.2 Å². The molecule has 80 valence electrons. The van der Waals surface area contributed by atoms with E-state index in [4.69, 9.17) is 5.26 Å². The number of rotatable bonds is 1. The predicted octanol–water partition coefficient (Wildman–Crippen LogP) is 3.78. The van der Waals surface area contributed by atoms with Crippen LogP contribution in [0.5, 0.6) is 0 Å². The van der Waals surface area contributed by atoms with E-state index in [0.29, 0.717) is 11.1 Å². The molecule has 0 fully saturated rings. The molecule has 0 aliphatic rings. The molecule has 1 nitrogen and oxygen atoms in total. The summed E-state index contributed by atoms with van der Waals surface area (Å²) in [4.78, 5) is 0. The highest BCUT2D eigenvalue weighted by Crippen LogP contribution is 2.34. The normalized spacial score (nSPS) is 11.2. The first kappa shape index (κ1) is 12.1. The maximum atomic E-state index is 12.6. The van der Waals surface area contributed by atoms with E-state index >= 15 is 0 Å². The summed E-state index contributed by atoms with van der Waals surface area (Å²) in [6.45, 7) is 1.57. The number of nitriles is 1. The molecule has 1 rings (SSSR count). The molecule has 0 aliphatic heterocycles. The van der Waals surface area contributed by atoms with Crippen molar-refractivity contribution in [3.63, 3.8) is 0 Å². The summed E-state index contributed by atoms with van der Waals surface area (Å²) in [5.41, 5.74) is -0.301. The highest BCUT2D eigenvalue weighted by atomic mass is 79.9. The molecule has 0 spiro atoms. The first-order chi connectivity index (χ1) is 6.90. The van der Waals surface area contributed by atoms with Gasteiger partial charge in [-0.15, -0.1) is 0 Å². The molecule has 0 saturated heterocycles. The van der Waals surface area contributed by atoms with Gasteiger partial charge in [-0.05, 0) is 18.6 Å². The Morgan fingerprint density at radius 2 is 2.00 bits per heavy atom. The third-order valence-electron chi connectivity index (χ3n) is 1.93. The molecule has 0 heterocycles. The van der Waals surface area contributed by atoms with Gasteiger partial charge in [-0.2, -0.15) is 18.4 Å². The summed E-state index contributed by atoms with van der Waals surface area (Å²) in [5, 5.41) is 8.95. The van der Waals surface area contributed by atoms with Crippen molar-refractivity contribution >= 4 is 15.9 Å². The molecule has 0 bridgehead atoms. The third kappa shape index (κ3) is 2.51. The molecule has 1 aromatic carbocycles. The Morgan fingerprint density at radius 3 is 2.40 bits per heavy atom. The van der Waals surface area contributed by atoms with Gasteiger partial charge in [0.15, 0.2) is 0 Å². The average molecular weight is 278 g/mol. The van der Waals surface area contributed by atoms with Gasteiger partial charge in [0.05, 0.1) is 11.1 Å². The van der Waals surface area contributed by atoms with E-state index in [1.807, 2.05) is 0 Å². The molecule has 0 N–H and O–H groups in total. The van der Waals surface area contributed by atoms with Crippen LogP contribution in [0.2, 0.25) is 0 Å². The fourth-order valence-electron chi connectivity index (χ4n) is 1.32. The van der Waals surface area contributed by atoms with Gasteiger partial charge in [0.2, 0.25) is 0 Å². The van der Waals surface area contributed by atoms with Crippen molar-refractivity contribution in [2.45, 2.75) is 18.4 Å². The molecule has 15 heavy (non-hydrogen) atoms. The van der Waals surface area contributed by atoms with Crippen LogP contribution >= 0.6 is 15.9 Å². The van der Waals surface area contributed by atoms with E-state index in [1.54, 1.807) is 19.1 Å². The van der Waals surface area contributed by atoms with Crippen molar-refractivity contribution in [1.82, 2.24) is 0 Å². The van der Waals surface area contributed by atoms with E-state index in [0.717, 1.165) is 6.07 Å². The van der Waals surface area contributed by atoms with Gasteiger partial charge in [-0.3, -0.25) is 0 Å². The molecule has 0 atom stereocenters. The largest absolute Gasteiger partial charge is 0.417 e. The van der Waals surface area contributed by atoms with Crippen molar-refractivity contribution in [2.75, 3.05) is 0 Å². The van der Waals surface area contributed by atoms with Crippen LogP contribution in [0.3, 0.4) is 0 Å². The monoisotopic (exact) mass is 277 g/mol. The Bertz CT molecular complexity index is 418. The van der Waals surface area contributed by atoms with Crippen molar-refractivity contribution in [3.05, 3.63) is 34.4 Å². The van der Waals surface area contributed by atoms with Crippen LogP contribution in [0, 0.1) is 18.3 Å². The van der Waals surface area contributed by atoms with E-state index in [1.165, 1.54) is 0 Å². The van der Waals surface area contributed by atoms with Crippen LogP contribution < -0.4 is 0 Å². The van der Waals surface area contributed by atoms with Crippen molar-refractivity contribution < 1.29 is 13.2 Å². The number of benzene rings is 1. The van der Waals surface area contributed by atoms with E-state index < -0.39 is 11.7 Å². The zero-order chi connectivity index (χ0) is 11.6. The Balaban J connectivity index is 3.51. The van der Waals surface area contributed by atoms with Crippen LogP contribution in [-0.2, 0) is 11.5 Å². The molecule has 0 saturated carbocycles. The van der Waals surface area contributed by atoms with Crippen molar-refractivity contribution in [3.8, 4) is 6.07 Å². The van der Waals surface area contributed by atoms with Gasteiger partial charge in [0.25, 0.3) is 0 Å². The molecule has 5 heteroatoms. The number of halogens is 4. The van der Waals surface area contributed by atoms with E-state index in [2.05, 4.69) is 15.9 Å². The lowest BCUT2D eigenvalue weighted by atomic mass is 9.99. The number of hydrogen-bond acceptors (Lipinski definition) is 1. The standard InChI is InChI=1S/C10H7BrF3N/c1-6-2-7(4-11)8(5-15)9(3-6)10(12,13)14/h2-3H,4H2,1H3. The van der Waals surface area contributed by atoms with Crippen molar-refractivity contribution in [1.29, 1.82) is 5.26 Å². The molecular formula is C10H7BrF3N. The first-order valence-corrected chi connectivity index (χ1v) is 5.19. The summed E-state index contributed by atoms with van der Waals surface area (Å²) in [6.07, 6.45) is -4.48. The molecule has 0 aliphatic carbocycles. The quantitative estimate of drug-likeness (QED) is 0.717. The zero-order valence-electron chi connectivity index (χ0n) is 7.82. The lowest BCUT2D eigenvalue weighted by Crippen LogP contribution is -2.10. The molecule has 0 unspecified atom stereocenters. The first-order valence-electron chi connectivity index (χ1n) is 4.07. The highest BCUT2D eigenvalue weighted by molar-refractivity contribution is 9.08. The van der Waals surface area contributed by atoms with Crippen LogP contribution in [0.15, 0.2) is 12.1 Å². The molecule has 0 radical (unpaired) electrons. The predicted molar refractivity (Wildman–Crippen MR) is 53.5 cm³/mol. The lowest BCUT2D eigenvalue weighted by molar-refractivity contribution is -0.137. The number of hydrogen-bond donors (Lipinski definition) is 0. The smallest absolute Gasteiger partial charge is 0.192 e. The third-order valence-corrected chi connectivity index (χ3v) is 2.53. The minimum absolute atomic E-state index is 0.237. The van der Waals surface area contributed by atoms with Gasteiger partial charge < -0.3 is 0 Å². The number of aryl methyl sites for hydroxylation is 1. The summed E-state index contributed by atoms with van der Waals surface area (Å²) in [5.74, 6) is 0. The summed E-state index contributed by atoms with van der Waals surface area (Å²) in [6, 6.07) is 4.16. The zero-order valence-corrected chi connectivity index (χ0v) is 9.41. The molecule has 0 aromatic heterocycles. The Morgan fingerprint density at radius 1 is 1.40 bits per heavy atom. The van der Waals surface area contributed by atoms with Gasteiger partial charge in [0, 0.05) is 5.33 Å².